The maximum absolute atomic E-state index is 11.2. The Hall–Kier alpha value is -0.790. The molecule has 0 aromatic carbocycles. The van der Waals surface area contributed by atoms with Gasteiger partial charge in [0.15, 0.2) is 0 Å². The van der Waals surface area contributed by atoms with Gasteiger partial charge in [0, 0.05) is 6.08 Å². The molecule has 0 aliphatic carbocycles. The van der Waals surface area contributed by atoms with E-state index < -0.39 is 27.7 Å². The van der Waals surface area contributed by atoms with Gasteiger partial charge in [0.05, 0.1) is 5.41 Å². The monoisotopic (exact) mass is 198 g/mol. The standard InChI is InChI=1S/C3H3F5O2S/c4-11(5,6,7,8)2-1-3(9)10/h1-2H,(H,9,10). The number of hydrogen-bond donors (Lipinski definition) is 1. The van der Waals surface area contributed by atoms with Crippen LogP contribution in [-0.4, -0.2) is 11.1 Å². The third-order valence-corrected chi connectivity index (χ3v) is 1.12. The highest BCUT2D eigenvalue weighted by Crippen LogP contribution is 2.98. The van der Waals surface area contributed by atoms with Gasteiger partial charge in [-0.25, -0.2) is 4.79 Å². The minimum absolute atomic E-state index is 0.637. The predicted molar refractivity (Wildman–Crippen MR) is 29.9 cm³/mol. The summed E-state index contributed by atoms with van der Waals surface area (Å²) in [6, 6.07) is 0. The molecule has 1 N–H and O–H groups in total. The molecule has 0 spiro atoms. The van der Waals surface area contributed by atoms with Crippen molar-refractivity contribution in [3.05, 3.63) is 11.5 Å². The van der Waals surface area contributed by atoms with Crippen molar-refractivity contribution in [1.82, 2.24) is 0 Å². The number of rotatable bonds is 2. The first-order valence-electron chi connectivity index (χ1n) is 2.06. The molecule has 0 aliphatic rings. The molecule has 8 heteroatoms. The summed E-state index contributed by atoms with van der Waals surface area (Å²) >= 11 is 0. The minimum atomic E-state index is -9.66. The van der Waals surface area contributed by atoms with Crippen molar-refractivity contribution < 1.29 is 29.3 Å². The second-order valence-corrected chi connectivity index (χ2v) is 4.00. The van der Waals surface area contributed by atoms with Crippen molar-refractivity contribution in [3.8, 4) is 0 Å². The fraction of sp³-hybridized carbons (Fsp3) is 0. The van der Waals surface area contributed by atoms with Crippen LogP contribution in [0.5, 0.6) is 0 Å². The molecule has 0 atom stereocenters. The Morgan fingerprint density at radius 2 is 1.55 bits per heavy atom. The van der Waals surface area contributed by atoms with Crippen molar-refractivity contribution in [3.63, 3.8) is 0 Å². The largest absolute Gasteiger partial charge is 0.478 e. The van der Waals surface area contributed by atoms with E-state index >= 15 is 0 Å². The average Bonchev–Trinajstić information content (AvgIpc) is 1.56. The smallest absolute Gasteiger partial charge is 0.329 e. The summed E-state index contributed by atoms with van der Waals surface area (Å²) in [7, 11) is -9.66. The van der Waals surface area contributed by atoms with Crippen LogP contribution in [-0.2, 0) is 4.79 Å². The molecule has 0 aromatic rings. The fourth-order valence-electron chi connectivity index (χ4n) is 0.187. The third kappa shape index (κ3) is 9.21. The normalized spacial score (nSPS) is 19.4. The molecule has 0 rings (SSSR count). The Kier molecular flexibility index (Phi) is 1.56. The molecule has 0 amide bonds. The molecule has 0 fully saturated rings. The molecule has 2 nitrogen and oxygen atoms in total. The van der Waals surface area contributed by atoms with E-state index in [2.05, 4.69) is 0 Å². The van der Waals surface area contributed by atoms with Gasteiger partial charge in [0.25, 0.3) is 0 Å². The van der Waals surface area contributed by atoms with E-state index in [0.717, 1.165) is 0 Å². The van der Waals surface area contributed by atoms with E-state index in [1.165, 1.54) is 0 Å². The number of halogens is 5. The fourth-order valence-corrected chi connectivity index (χ4v) is 0.560. The van der Waals surface area contributed by atoms with Gasteiger partial charge in [-0.2, -0.15) is 0 Å². The van der Waals surface area contributed by atoms with Crippen LogP contribution >= 0.6 is 10.2 Å². The maximum atomic E-state index is 11.2. The lowest BCUT2D eigenvalue weighted by Crippen LogP contribution is -2.01. The Labute approximate surface area is 58.0 Å². The van der Waals surface area contributed by atoms with E-state index in [0.29, 0.717) is 0 Å². The van der Waals surface area contributed by atoms with Gasteiger partial charge in [0.2, 0.25) is 0 Å². The van der Waals surface area contributed by atoms with Crippen molar-refractivity contribution in [2.75, 3.05) is 0 Å². The van der Waals surface area contributed by atoms with Gasteiger partial charge in [-0.1, -0.05) is 19.4 Å². The number of hydrogen-bond acceptors (Lipinski definition) is 1. The van der Waals surface area contributed by atoms with Crippen LogP contribution in [0.1, 0.15) is 0 Å². The van der Waals surface area contributed by atoms with Crippen molar-refractivity contribution in [2.45, 2.75) is 0 Å². The molecular formula is C3H3F5O2S. The van der Waals surface area contributed by atoms with Crippen molar-refractivity contribution in [1.29, 1.82) is 0 Å². The van der Waals surface area contributed by atoms with E-state index in [9.17, 15) is 24.2 Å². The van der Waals surface area contributed by atoms with Crippen LogP contribution in [0, 0.1) is 0 Å². The van der Waals surface area contributed by atoms with Gasteiger partial charge < -0.3 is 5.11 Å². The molecule has 0 aromatic heterocycles. The predicted octanol–water partition coefficient (Wildman–Crippen LogP) is 2.88. The summed E-state index contributed by atoms with van der Waals surface area (Å²) in [5, 5.41) is 6.09. The summed E-state index contributed by atoms with van der Waals surface area (Å²) in [5.74, 6) is -2.07. The molecule has 0 unspecified atom stereocenters. The second kappa shape index (κ2) is 1.68. The van der Waals surface area contributed by atoms with Crippen LogP contribution in [0.3, 0.4) is 0 Å². The van der Waals surface area contributed by atoms with Crippen molar-refractivity contribution in [2.24, 2.45) is 0 Å². The highest BCUT2D eigenvalue weighted by molar-refractivity contribution is 8.48. The van der Waals surface area contributed by atoms with Gasteiger partial charge in [-0.15, -0.1) is 0 Å². The third-order valence-electron chi connectivity index (χ3n) is 0.468. The van der Waals surface area contributed by atoms with Crippen molar-refractivity contribution >= 4 is 16.2 Å². The SMILES string of the molecule is O=C(O)C=CS(F)(F)(F)(F)F. The summed E-state index contributed by atoms with van der Waals surface area (Å²) in [4.78, 5) is 9.43. The molecule has 0 saturated heterocycles. The zero-order valence-electron chi connectivity index (χ0n) is 4.81. The van der Waals surface area contributed by atoms with E-state index in [1.807, 2.05) is 0 Å². The van der Waals surface area contributed by atoms with Gasteiger partial charge >= 0.3 is 16.2 Å². The van der Waals surface area contributed by atoms with Gasteiger partial charge in [-0.3, -0.25) is 0 Å². The van der Waals surface area contributed by atoms with Gasteiger partial charge in [-0.05, 0) is 0 Å². The number of carbonyl (C=O) groups is 1. The van der Waals surface area contributed by atoms with E-state index in [4.69, 9.17) is 5.11 Å². The number of aliphatic carboxylic acids is 1. The zero-order valence-corrected chi connectivity index (χ0v) is 5.62. The minimum Gasteiger partial charge on any atom is -0.478 e. The summed E-state index contributed by atoms with van der Waals surface area (Å²) in [5.41, 5.74) is 0. The van der Waals surface area contributed by atoms with E-state index in [1.54, 1.807) is 0 Å². The van der Waals surface area contributed by atoms with Gasteiger partial charge in [0.1, 0.15) is 0 Å². The molecule has 0 aliphatic heterocycles. The van der Waals surface area contributed by atoms with Crippen LogP contribution in [0.4, 0.5) is 19.4 Å². The van der Waals surface area contributed by atoms with Crippen LogP contribution in [0.25, 0.3) is 0 Å². The molecule has 0 radical (unpaired) electrons. The topological polar surface area (TPSA) is 37.3 Å². The second-order valence-electron chi connectivity index (χ2n) is 1.67. The van der Waals surface area contributed by atoms with Crippen LogP contribution in [0.15, 0.2) is 11.5 Å². The molecule has 11 heavy (non-hydrogen) atoms. The Balaban J connectivity index is 4.78. The Bertz CT molecular complexity index is 211. The zero-order chi connectivity index (χ0) is 9.40. The molecule has 0 heterocycles. The lowest BCUT2D eigenvalue weighted by Gasteiger charge is -2.36. The number of carboxylic acid groups (broad SMARTS) is 1. The summed E-state index contributed by atoms with van der Waals surface area (Å²) in [6.07, 6.45) is -0.637. The van der Waals surface area contributed by atoms with Crippen LogP contribution < -0.4 is 0 Å². The Morgan fingerprint density at radius 1 is 1.18 bits per heavy atom. The lowest BCUT2D eigenvalue weighted by molar-refractivity contribution is -0.131. The van der Waals surface area contributed by atoms with Crippen LogP contribution in [0.2, 0.25) is 0 Å². The number of carboxylic acids is 1. The lowest BCUT2D eigenvalue weighted by atomic mass is 10.7. The first-order valence-corrected chi connectivity index (χ1v) is 4.07. The molecule has 68 valence electrons. The molecule has 0 bridgehead atoms. The average molecular weight is 198 g/mol. The summed E-state index contributed by atoms with van der Waals surface area (Å²) in [6.45, 7) is 0. The quantitative estimate of drug-likeness (QED) is 0.547. The highest BCUT2D eigenvalue weighted by Gasteiger charge is 2.60. The highest BCUT2D eigenvalue weighted by atomic mass is 32.5. The van der Waals surface area contributed by atoms with E-state index in [-0.39, 0.29) is 0 Å². The Morgan fingerprint density at radius 3 is 1.64 bits per heavy atom. The maximum Gasteiger partial charge on any atom is 0.329 e. The summed E-state index contributed by atoms with van der Waals surface area (Å²) < 4.78 is 56.1. The first-order chi connectivity index (χ1) is 4.39. The molecular weight excluding hydrogens is 195 g/mol. The first kappa shape index (κ1) is 10.2. The molecule has 0 saturated carbocycles.